The third kappa shape index (κ3) is 4.65. The maximum Gasteiger partial charge on any atom is 0.119 e. The molecule has 0 amide bonds. The minimum absolute atomic E-state index is 0.209. The number of anilines is 1. The average Bonchev–Trinajstić information content (AvgIpc) is 2.91. The van der Waals surface area contributed by atoms with E-state index in [1.807, 2.05) is 38.1 Å². The van der Waals surface area contributed by atoms with Crippen molar-refractivity contribution in [2.75, 3.05) is 5.32 Å². The van der Waals surface area contributed by atoms with E-state index in [1.54, 1.807) is 6.26 Å². The molecule has 0 bridgehead atoms. The molecule has 1 aromatic carbocycles. The first-order valence-corrected chi connectivity index (χ1v) is 7.19. The molecule has 0 spiro atoms. The lowest BCUT2D eigenvalue weighted by Gasteiger charge is -2.15. The molecular formula is C17H23NO2. The van der Waals surface area contributed by atoms with Crippen molar-refractivity contribution in [3.05, 3.63) is 48.4 Å². The highest BCUT2D eigenvalue weighted by Gasteiger charge is 2.05. The Morgan fingerprint density at radius 1 is 1.10 bits per heavy atom. The number of rotatable bonds is 7. The second-order valence-corrected chi connectivity index (χ2v) is 5.35. The molecule has 0 aliphatic rings. The first-order chi connectivity index (χ1) is 9.63. The number of aryl methyl sites for hydroxylation is 1. The van der Waals surface area contributed by atoms with Gasteiger partial charge in [0.15, 0.2) is 0 Å². The van der Waals surface area contributed by atoms with Gasteiger partial charge in [0, 0.05) is 18.2 Å². The van der Waals surface area contributed by atoms with Crippen molar-refractivity contribution in [3.8, 4) is 5.75 Å². The van der Waals surface area contributed by atoms with E-state index < -0.39 is 0 Å². The molecule has 0 fully saturated rings. The summed E-state index contributed by atoms with van der Waals surface area (Å²) >= 11 is 0. The molecule has 2 aromatic rings. The quantitative estimate of drug-likeness (QED) is 0.806. The molecule has 1 heterocycles. The summed E-state index contributed by atoms with van der Waals surface area (Å²) in [6.45, 7) is 6.24. The average molecular weight is 273 g/mol. The van der Waals surface area contributed by atoms with Gasteiger partial charge in [-0.2, -0.15) is 0 Å². The Balaban J connectivity index is 1.80. The van der Waals surface area contributed by atoms with Gasteiger partial charge in [0.1, 0.15) is 11.5 Å². The Bertz CT molecular complexity index is 488. The number of benzene rings is 1. The zero-order valence-corrected chi connectivity index (χ0v) is 12.4. The van der Waals surface area contributed by atoms with Gasteiger partial charge in [-0.1, -0.05) is 0 Å². The lowest BCUT2D eigenvalue weighted by atomic mass is 10.1. The zero-order chi connectivity index (χ0) is 14.4. The molecule has 3 heteroatoms. The van der Waals surface area contributed by atoms with E-state index in [4.69, 9.17) is 9.15 Å². The summed E-state index contributed by atoms with van der Waals surface area (Å²) < 4.78 is 11.0. The van der Waals surface area contributed by atoms with Gasteiger partial charge in [-0.15, -0.1) is 0 Å². The van der Waals surface area contributed by atoms with E-state index in [1.165, 1.54) is 0 Å². The van der Waals surface area contributed by atoms with Crippen LogP contribution in [0.4, 0.5) is 5.69 Å². The minimum atomic E-state index is 0.209. The summed E-state index contributed by atoms with van der Waals surface area (Å²) in [7, 11) is 0. The van der Waals surface area contributed by atoms with Gasteiger partial charge in [-0.3, -0.25) is 0 Å². The van der Waals surface area contributed by atoms with E-state index in [0.29, 0.717) is 6.04 Å². The Morgan fingerprint density at radius 2 is 1.85 bits per heavy atom. The fourth-order valence-electron chi connectivity index (χ4n) is 2.07. The van der Waals surface area contributed by atoms with Gasteiger partial charge >= 0.3 is 0 Å². The highest BCUT2D eigenvalue weighted by molar-refractivity contribution is 5.47. The van der Waals surface area contributed by atoms with Crippen molar-refractivity contribution in [3.63, 3.8) is 0 Å². The summed E-state index contributed by atoms with van der Waals surface area (Å²) in [5.74, 6) is 1.95. The standard InChI is InChI=1S/C17H23NO2/c1-13(2)20-17-10-7-15(8-11-17)18-14(3)6-9-16-5-4-12-19-16/h4-5,7-8,10-14,18H,6,9H2,1-3H3. The molecule has 108 valence electrons. The van der Waals surface area contributed by atoms with Crippen LogP contribution in [0.15, 0.2) is 47.1 Å². The van der Waals surface area contributed by atoms with Crippen LogP contribution in [0, 0.1) is 0 Å². The summed E-state index contributed by atoms with van der Waals surface area (Å²) in [4.78, 5) is 0. The normalized spacial score (nSPS) is 12.4. The molecule has 2 rings (SSSR count). The minimum Gasteiger partial charge on any atom is -0.491 e. The molecular weight excluding hydrogens is 250 g/mol. The van der Waals surface area contributed by atoms with Crippen LogP contribution in [0.3, 0.4) is 0 Å². The number of ether oxygens (including phenoxy) is 1. The SMILES string of the molecule is CC(CCc1ccco1)Nc1ccc(OC(C)C)cc1. The van der Waals surface area contributed by atoms with Gasteiger partial charge in [-0.25, -0.2) is 0 Å². The second kappa shape index (κ2) is 7.04. The van der Waals surface area contributed by atoms with Gasteiger partial charge in [0.05, 0.1) is 12.4 Å². The summed E-state index contributed by atoms with van der Waals surface area (Å²) in [5.41, 5.74) is 1.12. The van der Waals surface area contributed by atoms with Crippen molar-refractivity contribution in [2.45, 2.75) is 45.8 Å². The predicted molar refractivity (Wildman–Crippen MR) is 82.3 cm³/mol. The van der Waals surface area contributed by atoms with Crippen molar-refractivity contribution >= 4 is 5.69 Å². The molecule has 0 saturated heterocycles. The molecule has 1 unspecified atom stereocenters. The molecule has 20 heavy (non-hydrogen) atoms. The number of hydrogen-bond donors (Lipinski definition) is 1. The number of nitrogens with one attached hydrogen (secondary N) is 1. The summed E-state index contributed by atoms with van der Waals surface area (Å²) in [6, 6.07) is 12.5. The summed E-state index contributed by atoms with van der Waals surface area (Å²) in [6.07, 6.45) is 3.93. The van der Waals surface area contributed by atoms with Crippen LogP contribution in [0.25, 0.3) is 0 Å². The molecule has 1 atom stereocenters. The van der Waals surface area contributed by atoms with Gasteiger partial charge in [0.2, 0.25) is 0 Å². The largest absolute Gasteiger partial charge is 0.491 e. The van der Waals surface area contributed by atoms with Crippen molar-refractivity contribution in [1.29, 1.82) is 0 Å². The fourth-order valence-corrected chi connectivity index (χ4v) is 2.07. The highest BCUT2D eigenvalue weighted by Crippen LogP contribution is 2.18. The smallest absolute Gasteiger partial charge is 0.119 e. The van der Waals surface area contributed by atoms with Crippen LogP contribution in [-0.4, -0.2) is 12.1 Å². The van der Waals surface area contributed by atoms with Gasteiger partial charge < -0.3 is 14.5 Å². The van der Waals surface area contributed by atoms with Crippen LogP contribution >= 0.6 is 0 Å². The molecule has 1 aromatic heterocycles. The molecule has 0 radical (unpaired) electrons. The van der Waals surface area contributed by atoms with E-state index in [-0.39, 0.29) is 6.10 Å². The number of hydrogen-bond acceptors (Lipinski definition) is 3. The first kappa shape index (κ1) is 14.5. The van der Waals surface area contributed by atoms with Crippen LogP contribution < -0.4 is 10.1 Å². The van der Waals surface area contributed by atoms with E-state index in [0.717, 1.165) is 30.0 Å². The van der Waals surface area contributed by atoms with Gasteiger partial charge in [-0.05, 0) is 63.6 Å². The Kier molecular flexibility index (Phi) is 5.10. The Labute approximate surface area is 121 Å². The first-order valence-electron chi connectivity index (χ1n) is 7.19. The third-order valence-electron chi connectivity index (χ3n) is 3.04. The molecule has 0 aliphatic heterocycles. The van der Waals surface area contributed by atoms with Crippen molar-refractivity contribution in [2.24, 2.45) is 0 Å². The maximum absolute atomic E-state index is 5.63. The van der Waals surface area contributed by atoms with Crippen LogP contribution in [0.2, 0.25) is 0 Å². The van der Waals surface area contributed by atoms with Crippen LogP contribution in [0.1, 0.15) is 33.0 Å². The topological polar surface area (TPSA) is 34.4 Å². The fraction of sp³-hybridized carbons (Fsp3) is 0.412. The monoisotopic (exact) mass is 273 g/mol. The Morgan fingerprint density at radius 3 is 2.45 bits per heavy atom. The van der Waals surface area contributed by atoms with Crippen LogP contribution in [0.5, 0.6) is 5.75 Å². The predicted octanol–water partition coefficient (Wildman–Crippen LogP) is 4.50. The molecule has 0 saturated carbocycles. The zero-order valence-electron chi connectivity index (χ0n) is 12.4. The van der Waals surface area contributed by atoms with E-state index in [2.05, 4.69) is 24.4 Å². The third-order valence-corrected chi connectivity index (χ3v) is 3.04. The maximum atomic E-state index is 5.63. The van der Waals surface area contributed by atoms with Crippen LogP contribution in [-0.2, 0) is 6.42 Å². The summed E-state index contributed by atoms with van der Waals surface area (Å²) in [5, 5.41) is 3.49. The highest BCUT2D eigenvalue weighted by atomic mass is 16.5. The van der Waals surface area contributed by atoms with Gasteiger partial charge in [0.25, 0.3) is 0 Å². The number of furan rings is 1. The lowest BCUT2D eigenvalue weighted by molar-refractivity contribution is 0.242. The molecule has 0 aliphatic carbocycles. The second-order valence-electron chi connectivity index (χ2n) is 5.35. The molecule has 3 nitrogen and oxygen atoms in total. The van der Waals surface area contributed by atoms with Crippen molar-refractivity contribution < 1.29 is 9.15 Å². The van der Waals surface area contributed by atoms with E-state index >= 15 is 0 Å². The molecule has 1 N–H and O–H groups in total. The Hall–Kier alpha value is -1.90. The van der Waals surface area contributed by atoms with Crippen molar-refractivity contribution in [1.82, 2.24) is 0 Å². The lowest BCUT2D eigenvalue weighted by Crippen LogP contribution is -2.15. The van der Waals surface area contributed by atoms with E-state index in [9.17, 15) is 0 Å².